The van der Waals surface area contributed by atoms with Crippen LogP contribution in [0.4, 0.5) is 0 Å². The van der Waals surface area contributed by atoms with Crippen LogP contribution in [-0.2, 0) is 4.74 Å². The molecular formula is C26H20BrNO3. The molecule has 0 aliphatic rings. The van der Waals surface area contributed by atoms with Crippen molar-refractivity contribution in [3.63, 3.8) is 0 Å². The van der Waals surface area contributed by atoms with Gasteiger partial charge in [0.25, 0.3) is 0 Å². The molecule has 5 heteroatoms. The molecule has 1 aromatic heterocycles. The van der Waals surface area contributed by atoms with Gasteiger partial charge < -0.3 is 4.74 Å². The number of carbonyl (C=O) groups excluding carboxylic acids is 2. The summed E-state index contributed by atoms with van der Waals surface area (Å²) in [4.78, 5) is 30.5. The van der Waals surface area contributed by atoms with Gasteiger partial charge in [-0.15, -0.1) is 0 Å². The van der Waals surface area contributed by atoms with Crippen LogP contribution in [0.2, 0.25) is 0 Å². The molecule has 0 N–H and O–H groups in total. The van der Waals surface area contributed by atoms with Gasteiger partial charge in [-0.25, -0.2) is 9.78 Å². The summed E-state index contributed by atoms with van der Waals surface area (Å²) >= 11 is 3.43. The number of para-hydroxylation sites is 1. The van der Waals surface area contributed by atoms with Crippen molar-refractivity contribution >= 4 is 38.6 Å². The Hall–Kier alpha value is -3.31. The molecule has 0 saturated heterocycles. The summed E-state index contributed by atoms with van der Waals surface area (Å²) < 4.78 is 6.54. The maximum atomic E-state index is 13.1. The Bertz CT molecular complexity index is 1260. The molecule has 4 nitrogen and oxygen atoms in total. The Morgan fingerprint density at radius 1 is 0.935 bits per heavy atom. The molecular weight excluding hydrogens is 454 g/mol. The molecule has 0 fully saturated rings. The lowest BCUT2D eigenvalue weighted by Crippen LogP contribution is -2.24. The molecule has 4 rings (SSSR count). The number of aryl methyl sites for hydroxylation is 1. The second-order valence-electron chi connectivity index (χ2n) is 7.36. The number of nitrogens with zero attached hydrogens (tertiary/aromatic N) is 1. The first-order valence-electron chi connectivity index (χ1n) is 9.90. The van der Waals surface area contributed by atoms with Crippen molar-refractivity contribution < 1.29 is 14.3 Å². The van der Waals surface area contributed by atoms with Gasteiger partial charge in [-0.05, 0) is 38.1 Å². The van der Waals surface area contributed by atoms with E-state index in [1.165, 1.54) is 0 Å². The molecule has 0 saturated carbocycles. The summed E-state index contributed by atoms with van der Waals surface area (Å²) in [6.07, 6.45) is -0.904. The van der Waals surface area contributed by atoms with Crippen molar-refractivity contribution in [3.05, 3.63) is 100 Å². The van der Waals surface area contributed by atoms with Crippen molar-refractivity contribution in [2.75, 3.05) is 0 Å². The summed E-state index contributed by atoms with van der Waals surface area (Å²) in [6.45, 7) is 3.55. The van der Waals surface area contributed by atoms with Crippen molar-refractivity contribution in [2.45, 2.75) is 20.0 Å². The molecule has 31 heavy (non-hydrogen) atoms. The van der Waals surface area contributed by atoms with E-state index in [1.54, 1.807) is 25.1 Å². The van der Waals surface area contributed by atoms with Gasteiger partial charge in [-0.3, -0.25) is 4.79 Å². The molecule has 0 amide bonds. The maximum Gasteiger partial charge on any atom is 0.339 e. The van der Waals surface area contributed by atoms with Crippen LogP contribution in [0, 0.1) is 6.92 Å². The smallest absolute Gasteiger partial charge is 0.339 e. The van der Waals surface area contributed by atoms with Crippen molar-refractivity contribution in [3.8, 4) is 11.3 Å². The van der Waals surface area contributed by atoms with Crippen LogP contribution in [0.15, 0.2) is 83.3 Å². The molecule has 3 aromatic carbocycles. The van der Waals surface area contributed by atoms with Gasteiger partial charge in [-0.2, -0.15) is 0 Å². The molecule has 0 unspecified atom stereocenters. The molecule has 1 heterocycles. The molecule has 0 radical (unpaired) electrons. The van der Waals surface area contributed by atoms with Crippen LogP contribution in [-0.4, -0.2) is 22.8 Å². The first-order valence-corrected chi connectivity index (χ1v) is 10.7. The molecule has 154 valence electrons. The average Bonchev–Trinajstić information content (AvgIpc) is 2.78. The molecule has 0 aliphatic heterocycles. The summed E-state index contributed by atoms with van der Waals surface area (Å²) in [5.74, 6) is -0.787. The highest BCUT2D eigenvalue weighted by Crippen LogP contribution is 2.27. The zero-order valence-corrected chi connectivity index (χ0v) is 18.7. The number of carbonyl (C=O) groups is 2. The van der Waals surface area contributed by atoms with E-state index in [0.717, 1.165) is 15.6 Å². The van der Waals surface area contributed by atoms with E-state index >= 15 is 0 Å². The van der Waals surface area contributed by atoms with Crippen molar-refractivity contribution in [1.29, 1.82) is 0 Å². The number of pyridine rings is 1. The number of benzene rings is 3. The summed E-state index contributed by atoms with van der Waals surface area (Å²) in [6, 6.07) is 24.1. The monoisotopic (exact) mass is 473 g/mol. The predicted octanol–water partition coefficient (Wildman–Crippen LogP) is 6.40. The minimum absolute atomic E-state index is 0.236. The fourth-order valence-corrected chi connectivity index (χ4v) is 3.61. The van der Waals surface area contributed by atoms with Gasteiger partial charge in [0.2, 0.25) is 5.78 Å². The van der Waals surface area contributed by atoms with Gasteiger partial charge >= 0.3 is 5.97 Å². The third kappa shape index (κ3) is 4.57. The van der Waals surface area contributed by atoms with E-state index in [1.807, 2.05) is 67.6 Å². The van der Waals surface area contributed by atoms with Gasteiger partial charge in [0, 0.05) is 21.0 Å². The highest BCUT2D eigenvalue weighted by molar-refractivity contribution is 9.10. The minimum Gasteiger partial charge on any atom is -0.451 e. The zero-order chi connectivity index (χ0) is 22.0. The first kappa shape index (κ1) is 20.9. The molecule has 0 aliphatic carbocycles. The average molecular weight is 474 g/mol. The van der Waals surface area contributed by atoms with Crippen LogP contribution >= 0.6 is 15.9 Å². The van der Waals surface area contributed by atoms with Gasteiger partial charge in [-0.1, -0.05) is 76.1 Å². The molecule has 0 bridgehead atoms. The topological polar surface area (TPSA) is 56.3 Å². The molecule has 1 atom stereocenters. The minimum atomic E-state index is -0.904. The van der Waals surface area contributed by atoms with Gasteiger partial charge in [0.05, 0.1) is 16.8 Å². The van der Waals surface area contributed by atoms with Gasteiger partial charge in [0.1, 0.15) is 0 Å². The Morgan fingerprint density at radius 3 is 2.32 bits per heavy atom. The quantitative estimate of drug-likeness (QED) is 0.248. The number of rotatable bonds is 5. The molecule has 4 aromatic rings. The van der Waals surface area contributed by atoms with Crippen LogP contribution in [0.25, 0.3) is 22.2 Å². The number of ether oxygens (including phenoxy) is 1. The summed E-state index contributed by atoms with van der Waals surface area (Å²) in [5.41, 5.74) is 4.19. The first-order chi connectivity index (χ1) is 14.9. The van der Waals surface area contributed by atoms with E-state index in [2.05, 4.69) is 15.9 Å². The third-order valence-electron chi connectivity index (χ3n) is 5.07. The lowest BCUT2D eigenvalue weighted by Gasteiger charge is -2.14. The number of hydrogen-bond acceptors (Lipinski definition) is 4. The molecule has 0 spiro atoms. The normalized spacial score (nSPS) is 11.8. The number of ketones is 1. The third-order valence-corrected chi connectivity index (χ3v) is 5.59. The number of fused-ring (bicyclic) bond motifs is 1. The Labute approximate surface area is 189 Å². The second-order valence-corrected chi connectivity index (χ2v) is 8.27. The highest BCUT2D eigenvalue weighted by Gasteiger charge is 2.22. The van der Waals surface area contributed by atoms with E-state index in [4.69, 9.17) is 9.72 Å². The number of Topliss-reactive ketones (excluding diaryl/α,β-unsaturated/α-hetero) is 1. The predicted molar refractivity (Wildman–Crippen MR) is 125 cm³/mol. The zero-order valence-electron chi connectivity index (χ0n) is 17.1. The number of hydrogen-bond donors (Lipinski definition) is 0. The Balaban J connectivity index is 1.67. The van der Waals surface area contributed by atoms with Gasteiger partial charge in [0.15, 0.2) is 6.10 Å². The lowest BCUT2D eigenvalue weighted by molar-refractivity contribution is 0.0320. The maximum absolute atomic E-state index is 13.1. The lowest BCUT2D eigenvalue weighted by atomic mass is 10.0. The Morgan fingerprint density at radius 2 is 1.61 bits per heavy atom. The van der Waals surface area contributed by atoms with E-state index in [-0.39, 0.29) is 5.78 Å². The summed E-state index contributed by atoms with van der Waals surface area (Å²) in [5, 5.41) is 0.684. The number of halogens is 1. The second kappa shape index (κ2) is 8.82. The van der Waals surface area contributed by atoms with Crippen LogP contribution < -0.4 is 0 Å². The summed E-state index contributed by atoms with van der Waals surface area (Å²) in [7, 11) is 0. The number of esters is 1. The van der Waals surface area contributed by atoms with Crippen LogP contribution in [0.1, 0.15) is 33.2 Å². The van der Waals surface area contributed by atoms with Crippen LogP contribution in [0.5, 0.6) is 0 Å². The highest BCUT2D eigenvalue weighted by atomic mass is 79.9. The Kier molecular flexibility index (Phi) is 5.96. The fourth-order valence-electron chi connectivity index (χ4n) is 3.34. The standard InChI is InChI=1S/C26H20BrNO3/c1-16-7-9-19(10-8-16)25(29)17(2)31-26(30)22-15-24(18-11-13-20(27)14-12-18)28-23-6-4-3-5-21(22)23/h3-15,17H,1-2H3/t17-/m0/s1. The van der Waals surface area contributed by atoms with Crippen LogP contribution in [0.3, 0.4) is 0 Å². The fraction of sp³-hybridized carbons (Fsp3) is 0.115. The van der Waals surface area contributed by atoms with Crippen molar-refractivity contribution in [1.82, 2.24) is 4.98 Å². The van der Waals surface area contributed by atoms with Crippen molar-refractivity contribution in [2.24, 2.45) is 0 Å². The van der Waals surface area contributed by atoms with E-state index < -0.39 is 12.1 Å². The van der Waals surface area contributed by atoms with E-state index in [9.17, 15) is 9.59 Å². The largest absolute Gasteiger partial charge is 0.451 e. The SMILES string of the molecule is Cc1ccc(C(=O)[C@H](C)OC(=O)c2cc(-c3ccc(Br)cc3)nc3ccccc23)cc1. The van der Waals surface area contributed by atoms with E-state index in [0.29, 0.717) is 27.7 Å². The number of aromatic nitrogens is 1.